The molecule has 36 heavy (non-hydrogen) atoms. The summed E-state index contributed by atoms with van der Waals surface area (Å²) in [4.78, 5) is 25.6. The zero-order valence-corrected chi connectivity index (χ0v) is 22.5. The first kappa shape index (κ1) is 27.4. The lowest BCUT2D eigenvalue weighted by Gasteiger charge is -2.21. The summed E-state index contributed by atoms with van der Waals surface area (Å²) >= 11 is 6.54. The highest BCUT2D eigenvalue weighted by Crippen LogP contribution is 2.37. The smallest absolute Gasteiger partial charge is 0.313 e. The highest BCUT2D eigenvalue weighted by molar-refractivity contribution is 6.31. The van der Waals surface area contributed by atoms with Crippen molar-refractivity contribution in [1.29, 1.82) is 0 Å². The lowest BCUT2D eigenvalue weighted by molar-refractivity contribution is -0.137. The van der Waals surface area contributed by atoms with Crippen LogP contribution in [0.25, 0.3) is 11.1 Å². The molecule has 0 unspecified atom stereocenters. The van der Waals surface area contributed by atoms with Gasteiger partial charge >= 0.3 is 5.97 Å². The molecule has 0 spiro atoms. The summed E-state index contributed by atoms with van der Waals surface area (Å²) in [5.74, 6) is -0.926. The van der Waals surface area contributed by atoms with Crippen molar-refractivity contribution >= 4 is 17.6 Å². The third-order valence-corrected chi connectivity index (χ3v) is 5.86. The molecule has 0 N–H and O–H groups in total. The third kappa shape index (κ3) is 6.32. The molecule has 0 saturated carbocycles. The van der Waals surface area contributed by atoms with Crippen LogP contribution in [0.4, 0.5) is 4.39 Å². The average Bonchev–Trinajstić information content (AvgIpc) is 2.78. The summed E-state index contributed by atoms with van der Waals surface area (Å²) in [6.45, 7) is 10.9. The molecule has 8 heteroatoms. The molecule has 0 atom stereocenters. The molecule has 6 nitrogen and oxygen atoms in total. The number of nitrogens with zero attached hydrogens (tertiary/aromatic N) is 2. The van der Waals surface area contributed by atoms with Gasteiger partial charge in [0.25, 0.3) is 5.56 Å². The van der Waals surface area contributed by atoms with Crippen LogP contribution in [0.5, 0.6) is 11.5 Å². The molecule has 0 amide bonds. The summed E-state index contributed by atoms with van der Waals surface area (Å²) < 4.78 is 27.9. The first-order chi connectivity index (χ1) is 16.8. The summed E-state index contributed by atoms with van der Waals surface area (Å²) in [5, 5.41) is 4.46. The van der Waals surface area contributed by atoms with Gasteiger partial charge in [0, 0.05) is 17.6 Å². The van der Waals surface area contributed by atoms with E-state index in [-0.39, 0.29) is 22.5 Å². The molecule has 3 rings (SSSR count). The van der Waals surface area contributed by atoms with Crippen LogP contribution in [0.2, 0.25) is 5.02 Å². The van der Waals surface area contributed by atoms with Crippen molar-refractivity contribution in [3.63, 3.8) is 0 Å². The molecule has 192 valence electrons. The Hall–Kier alpha value is -3.19. The first-order valence-electron chi connectivity index (χ1n) is 11.8. The zero-order chi connectivity index (χ0) is 26.8. The first-order valence-corrected chi connectivity index (χ1v) is 12.2. The number of halogens is 2. The molecule has 0 aliphatic carbocycles. The molecule has 0 bridgehead atoms. The van der Waals surface area contributed by atoms with Crippen LogP contribution in [-0.4, -0.2) is 21.4 Å². The predicted molar refractivity (Wildman–Crippen MR) is 139 cm³/mol. The highest BCUT2D eigenvalue weighted by atomic mass is 35.5. The molecule has 0 aliphatic heterocycles. The van der Waals surface area contributed by atoms with Crippen LogP contribution in [0, 0.1) is 18.7 Å². The number of hydrogen-bond acceptors (Lipinski definition) is 5. The van der Waals surface area contributed by atoms with Crippen molar-refractivity contribution in [2.75, 3.05) is 0 Å². The van der Waals surface area contributed by atoms with Crippen molar-refractivity contribution < 1.29 is 18.7 Å². The number of aryl methyl sites for hydroxylation is 3. The largest absolute Gasteiger partial charge is 0.488 e. The van der Waals surface area contributed by atoms with E-state index in [2.05, 4.69) is 5.10 Å². The topological polar surface area (TPSA) is 70.4 Å². The fourth-order valence-corrected chi connectivity index (χ4v) is 4.03. The minimum Gasteiger partial charge on any atom is -0.488 e. The maximum Gasteiger partial charge on any atom is 0.313 e. The average molecular weight is 515 g/mol. The minimum absolute atomic E-state index is 0.0212. The third-order valence-electron chi connectivity index (χ3n) is 5.50. The van der Waals surface area contributed by atoms with Crippen LogP contribution in [0.3, 0.4) is 0 Å². The van der Waals surface area contributed by atoms with Gasteiger partial charge < -0.3 is 9.47 Å². The normalized spacial score (nSPS) is 11.6. The van der Waals surface area contributed by atoms with Gasteiger partial charge in [-0.1, -0.05) is 37.6 Å². The van der Waals surface area contributed by atoms with E-state index in [1.807, 2.05) is 45.0 Å². The number of ether oxygens (including phenoxy) is 2. The standard InChI is InChI=1S/C28H32ClFN2O4/c1-16(2)27(34)35-25-17(3)31-32(7)26(33)24(25)23-20(21(29)14-15-22(23)30)13-10-18-8-11-19(12-9-18)36-28(4,5)6/h8-9,11-12,14-16H,10,13H2,1-7H3. The Morgan fingerprint density at radius 3 is 2.31 bits per heavy atom. The Morgan fingerprint density at radius 2 is 1.72 bits per heavy atom. The predicted octanol–water partition coefficient (Wildman–Crippen LogP) is 6.07. The number of aromatic nitrogens is 2. The van der Waals surface area contributed by atoms with Gasteiger partial charge in [0.2, 0.25) is 0 Å². The van der Waals surface area contributed by atoms with E-state index in [0.717, 1.165) is 16.0 Å². The second-order valence-electron chi connectivity index (χ2n) is 10.0. The van der Waals surface area contributed by atoms with Crippen LogP contribution in [0.1, 0.15) is 51.4 Å². The fraction of sp³-hybridized carbons (Fsp3) is 0.393. The Labute approximate surface area is 216 Å². The fourth-order valence-electron chi connectivity index (χ4n) is 3.78. The van der Waals surface area contributed by atoms with Gasteiger partial charge in [-0.2, -0.15) is 5.10 Å². The van der Waals surface area contributed by atoms with Crippen molar-refractivity contribution in [3.8, 4) is 22.6 Å². The van der Waals surface area contributed by atoms with E-state index in [4.69, 9.17) is 21.1 Å². The van der Waals surface area contributed by atoms with Crippen molar-refractivity contribution in [2.45, 2.75) is 60.0 Å². The second-order valence-corrected chi connectivity index (χ2v) is 10.4. The summed E-state index contributed by atoms with van der Waals surface area (Å²) in [6.07, 6.45) is 0.894. The van der Waals surface area contributed by atoms with Crippen molar-refractivity contribution in [2.24, 2.45) is 13.0 Å². The quantitative estimate of drug-likeness (QED) is 0.358. The molecule has 1 aromatic heterocycles. The Bertz CT molecular complexity index is 1330. The number of carbonyl (C=O) groups is 1. The number of carbonyl (C=O) groups excluding carboxylic acids is 1. The van der Waals surface area contributed by atoms with Gasteiger partial charge in [0.15, 0.2) is 5.75 Å². The van der Waals surface area contributed by atoms with Crippen LogP contribution >= 0.6 is 11.6 Å². The molecule has 1 heterocycles. The van der Waals surface area contributed by atoms with Crippen molar-refractivity contribution in [3.05, 3.63) is 74.4 Å². The van der Waals surface area contributed by atoms with E-state index < -0.39 is 23.3 Å². The second kappa shape index (κ2) is 10.8. The lowest BCUT2D eigenvalue weighted by Crippen LogP contribution is -2.26. The SMILES string of the molecule is Cc1nn(C)c(=O)c(-c2c(F)ccc(Cl)c2CCc2ccc(OC(C)(C)C)cc2)c1OC(=O)C(C)C. The van der Waals surface area contributed by atoms with Gasteiger partial charge in [0.1, 0.15) is 22.9 Å². The Morgan fingerprint density at radius 1 is 1.08 bits per heavy atom. The van der Waals surface area contributed by atoms with Gasteiger partial charge in [-0.05, 0) is 75.9 Å². The number of rotatable bonds is 7. The molecule has 0 saturated heterocycles. The Balaban J connectivity index is 2.06. The van der Waals surface area contributed by atoms with Crippen molar-refractivity contribution in [1.82, 2.24) is 9.78 Å². The molecule has 0 aliphatic rings. The number of hydrogen-bond donors (Lipinski definition) is 0. The molecule has 0 fully saturated rings. The monoisotopic (exact) mass is 514 g/mol. The maximum atomic E-state index is 15.4. The molecule has 2 aromatic carbocycles. The van der Waals surface area contributed by atoms with Crippen LogP contribution in [0.15, 0.2) is 41.2 Å². The van der Waals surface area contributed by atoms with Crippen LogP contribution < -0.4 is 15.0 Å². The Kier molecular flexibility index (Phi) is 8.24. The lowest BCUT2D eigenvalue weighted by atomic mass is 9.94. The number of esters is 1. The van der Waals surface area contributed by atoms with Crippen LogP contribution in [-0.2, 0) is 24.7 Å². The molecular weight excluding hydrogens is 483 g/mol. The molecular formula is C28H32ClFN2O4. The van der Waals surface area contributed by atoms with Gasteiger partial charge in [-0.3, -0.25) is 9.59 Å². The zero-order valence-electron chi connectivity index (χ0n) is 21.7. The van der Waals surface area contributed by atoms with Gasteiger partial charge in [-0.15, -0.1) is 0 Å². The summed E-state index contributed by atoms with van der Waals surface area (Å²) in [5.41, 5.74) is 0.802. The van der Waals surface area contributed by atoms with E-state index in [9.17, 15) is 9.59 Å². The van der Waals surface area contributed by atoms with E-state index in [1.54, 1.807) is 20.8 Å². The molecule has 3 aromatic rings. The molecule has 0 radical (unpaired) electrons. The maximum absolute atomic E-state index is 15.4. The van der Waals surface area contributed by atoms with Gasteiger partial charge in [0.05, 0.1) is 11.5 Å². The number of benzene rings is 2. The van der Waals surface area contributed by atoms with E-state index >= 15 is 4.39 Å². The highest BCUT2D eigenvalue weighted by Gasteiger charge is 2.26. The summed E-state index contributed by atoms with van der Waals surface area (Å²) in [6, 6.07) is 10.3. The summed E-state index contributed by atoms with van der Waals surface area (Å²) in [7, 11) is 1.47. The van der Waals surface area contributed by atoms with E-state index in [1.165, 1.54) is 19.2 Å². The minimum atomic E-state index is -0.632. The van der Waals surface area contributed by atoms with Gasteiger partial charge in [-0.25, -0.2) is 9.07 Å². The van der Waals surface area contributed by atoms with E-state index in [0.29, 0.717) is 29.1 Å².